The van der Waals surface area contributed by atoms with E-state index >= 15 is 0 Å². The normalized spacial score (nSPS) is 14.8. The molecule has 1 aliphatic carbocycles. The van der Waals surface area contributed by atoms with Crippen LogP contribution in [-0.2, 0) is 17.8 Å². The molecule has 0 heterocycles. The molecule has 1 aliphatic rings. The van der Waals surface area contributed by atoms with Crippen molar-refractivity contribution in [2.24, 2.45) is 10.9 Å². The Balaban J connectivity index is 1.91. The summed E-state index contributed by atoms with van der Waals surface area (Å²) < 4.78 is 5.75. The minimum absolute atomic E-state index is 0.694. The molecule has 1 N–H and O–H groups in total. The molecular weight excluding hydrogens is 312 g/mol. The second-order valence-corrected chi connectivity index (χ2v) is 7.12. The average molecular weight is 347 g/mol. The molecule has 0 amide bonds. The Hall–Kier alpha value is -1.59. The third-order valence-electron chi connectivity index (χ3n) is 4.32. The fourth-order valence-corrected chi connectivity index (χ4v) is 2.68. The molecule has 1 saturated carbocycles. The Bertz CT molecular complexity index is 540. The van der Waals surface area contributed by atoms with Gasteiger partial charge in [-0.05, 0) is 50.9 Å². The largest absolute Gasteiger partial charge is 0.379 e. The summed E-state index contributed by atoms with van der Waals surface area (Å²) in [7, 11) is 6.27. The van der Waals surface area contributed by atoms with Crippen LogP contribution in [0.4, 0.5) is 0 Å². The summed E-state index contributed by atoms with van der Waals surface area (Å²) in [5.41, 5.74) is 2.62. The van der Waals surface area contributed by atoms with Crippen LogP contribution in [-0.4, -0.2) is 63.2 Å². The molecule has 1 aromatic carbocycles. The minimum Gasteiger partial charge on any atom is -0.379 e. The van der Waals surface area contributed by atoms with Gasteiger partial charge in [-0.25, -0.2) is 4.99 Å². The van der Waals surface area contributed by atoms with Crippen LogP contribution in [0.3, 0.4) is 0 Å². The van der Waals surface area contributed by atoms with E-state index in [0.717, 1.165) is 44.7 Å². The van der Waals surface area contributed by atoms with Crippen LogP contribution in [0.15, 0.2) is 29.3 Å². The van der Waals surface area contributed by atoms with Crippen LogP contribution in [0.25, 0.3) is 0 Å². The predicted molar refractivity (Wildman–Crippen MR) is 105 cm³/mol. The Labute approximate surface area is 153 Å². The molecule has 2 rings (SSSR count). The monoisotopic (exact) mass is 346 g/mol. The van der Waals surface area contributed by atoms with Crippen molar-refractivity contribution in [1.82, 2.24) is 15.1 Å². The Morgan fingerprint density at radius 1 is 1.20 bits per heavy atom. The van der Waals surface area contributed by atoms with Gasteiger partial charge in [0.1, 0.15) is 0 Å². The van der Waals surface area contributed by atoms with Gasteiger partial charge >= 0.3 is 0 Å². The van der Waals surface area contributed by atoms with E-state index in [1.54, 1.807) is 0 Å². The van der Waals surface area contributed by atoms with Crippen molar-refractivity contribution in [3.8, 4) is 0 Å². The van der Waals surface area contributed by atoms with Crippen molar-refractivity contribution >= 4 is 5.96 Å². The lowest BCUT2D eigenvalue weighted by Gasteiger charge is -2.22. The standard InChI is InChI=1S/C20H34N4O/c1-5-21-20(24(4)12-13-25-16-17-10-11-17)22-14-18-8-6-7-9-19(18)15-23(2)3/h6-9,17H,5,10-16H2,1-4H3,(H,21,22). The summed E-state index contributed by atoms with van der Waals surface area (Å²) in [5, 5.41) is 3.38. The Kier molecular flexibility index (Phi) is 8.22. The number of aliphatic imine (C=N–C) groups is 1. The zero-order valence-corrected chi connectivity index (χ0v) is 16.3. The number of likely N-dealkylation sites (N-methyl/N-ethyl adjacent to an activating group) is 1. The number of hydrogen-bond acceptors (Lipinski definition) is 3. The fraction of sp³-hybridized carbons (Fsp3) is 0.650. The number of nitrogens with one attached hydrogen (secondary N) is 1. The van der Waals surface area contributed by atoms with Crippen LogP contribution >= 0.6 is 0 Å². The maximum atomic E-state index is 5.75. The molecule has 0 aliphatic heterocycles. The van der Waals surface area contributed by atoms with Gasteiger partial charge in [-0.1, -0.05) is 24.3 Å². The lowest BCUT2D eigenvalue weighted by Crippen LogP contribution is -2.40. The topological polar surface area (TPSA) is 40.1 Å². The molecule has 0 unspecified atom stereocenters. The SMILES string of the molecule is CCNC(=NCc1ccccc1CN(C)C)N(C)CCOCC1CC1. The molecule has 0 aromatic heterocycles. The number of rotatable bonds is 10. The lowest BCUT2D eigenvalue weighted by atomic mass is 10.1. The third-order valence-corrected chi connectivity index (χ3v) is 4.32. The number of guanidine groups is 1. The predicted octanol–water partition coefficient (Wildman–Crippen LogP) is 2.57. The molecule has 1 fully saturated rings. The maximum Gasteiger partial charge on any atom is 0.194 e. The first-order chi connectivity index (χ1) is 12.1. The van der Waals surface area contributed by atoms with Gasteiger partial charge in [0, 0.05) is 33.3 Å². The van der Waals surface area contributed by atoms with Crippen LogP contribution in [0.2, 0.25) is 0 Å². The molecule has 0 saturated heterocycles. The van der Waals surface area contributed by atoms with Crippen molar-refractivity contribution < 1.29 is 4.74 Å². The zero-order chi connectivity index (χ0) is 18.1. The van der Waals surface area contributed by atoms with E-state index in [1.807, 2.05) is 0 Å². The van der Waals surface area contributed by atoms with Crippen LogP contribution < -0.4 is 5.32 Å². The highest BCUT2D eigenvalue weighted by Gasteiger charge is 2.21. The highest BCUT2D eigenvalue weighted by Crippen LogP contribution is 2.28. The highest BCUT2D eigenvalue weighted by molar-refractivity contribution is 5.79. The summed E-state index contributed by atoms with van der Waals surface area (Å²) in [5.74, 6) is 1.76. The molecule has 5 heteroatoms. The molecular formula is C20H34N4O. The first kappa shape index (κ1) is 19.7. The lowest BCUT2D eigenvalue weighted by molar-refractivity contribution is 0.115. The van der Waals surface area contributed by atoms with Crippen LogP contribution in [0, 0.1) is 5.92 Å². The van der Waals surface area contributed by atoms with E-state index in [2.05, 4.69) is 67.4 Å². The maximum absolute atomic E-state index is 5.75. The zero-order valence-electron chi connectivity index (χ0n) is 16.3. The van der Waals surface area contributed by atoms with Gasteiger partial charge in [-0.15, -0.1) is 0 Å². The van der Waals surface area contributed by atoms with Gasteiger partial charge in [0.05, 0.1) is 13.2 Å². The number of ether oxygens (including phenoxy) is 1. The highest BCUT2D eigenvalue weighted by atomic mass is 16.5. The Morgan fingerprint density at radius 2 is 1.92 bits per heavy atom. The molecule has 140 valence electrons. The number of hydrogen-bond donors (Lipinski definition) is 1. The second-order valence-electron chi connectivity index (χ2n) is 7.12. The van der Waals surface area contributed by atoms with E-state index < -0.39 is 0 Å². The summed E-state index contributed by atoms with van der Waals surface area (Å²) in [6, 6.07) is 8.55. The van der Waals surface area contributed by atoms with Gasteiger partial charge in [-0.2, -0.15) is 0 Å². The van der Waals surface area contributed by atoms with E-state index in [9.17, 15) is 0 Å². The van der Waals surface area contributed by atoms with Gasteiger partial charge in [0.2, 0.25) is 0 Å². The molecule has 0 bridgehead atoms. The molecule has 0 spiro atoms. The summed E-state index contributed by atoms with van der Waals surface area (Å²) in [6.07, 6.45) is 2.68. The molecule has 5 nitrogen and oxygen atoms in total. The minimum atomic E-state index is 0.694. The van der Waals surface area contributed by atoms with E-state index in [-0.39, 0.29) is 0 Å². The number of nitrogens with zero attached hydrogens (tertiary/aromatic N) is 3. The van der Waals surface area contributed by atoms with Crippen molar-refractivity contribution in [3.63, 3.8) is 0 Å². The smallest absolute Gasteiger partial charge is 0.194 e. The molecule has 0 radical (unpaired) electrons. The average Bonchev–Trinajstić information content (AvgIpc) is 3.40. The quantitative estimate of drug-likeness (QED) is 0.402. The number of benzene rings is 1. The van der Waals surface area contributed by atoms with Crippen molar-refractivity contribution in [2.75, 3.05) is 47.4 Å². The van der Waals surface area contributed by atoms with E-state index in [1.165, 1.54) is 24.0 Å². The van der Waals surface area contributed by atoms with Crippen LogP contribution in [0.1, 0.15) is 30.9 Å². The molecule has 1 aromatic rings. The fourth-order valence-electron chi connectivity index (χ4n) is 2.68. The Morgan fingerprint density at radius 3 is 2.56 bits per heavy atom. The second kappa shape index (κ2) is 10.4. The van der Waals surface area contributed by atoms with Crippen molar-refractivity contribution in [2.45, 2.75) is 32.9 Å². The summed E-state index contributed by atoms with van der Waals surface area (Å²) >= 11 is 0. The van der Waals surface area contributed by atoms with Crippen molar-refractivity contribution in [3.05, 3.63) is 35.4 Å². The molecule has 25 heavy (non-hydrogen) atoms. The van der Waals surface area contributed by atoms with Gasteiger partial charge < -0.3 is 19.9 Å². The first-order valence-corrected chi connectivity index (χ1v) is 9.38. The van der Waals surface area contributed by atoms with Gasteiger partial charge in [0.15, 0.2) is 5.96 Å². The summed E-state index contributed by atoms with van der Waals surface area (Å²) in [4.78, 5) is 9.18. The van der Waals surface area contributed by atoms with Crippen LogP contribution in [0.5, 0.6) is 0 Å². The molecule has 0 atom stereocenters. The third kappa shape index (κ3) is 7.45. The van der Waals surface area contributed by atoms with Crippen molar-refractivity contribution in [1.29, 1.82) is 0 Å². The van der Waals surface area contributed by atoms with Gasteiger partial charge in [0.25, 0.3) is 0 Å². The summed E-state index contributed by atoms with van der Waals surface area (Å²) in [6.45, 7) is 7.14. The van der Waals surface area contributed by atoms with E-state index in [0.29, 0.717) is 6.54 Å². The van der Waals surface area contributed by atoms with E-state index in [4.69, 9.17) is 9.73 Å². The first-order valence-electron chi connectivity index (χ1n) is 9.38. The van der Waals surface area contributed by atoms with Gasteiger partial charge in [-0.3, -0.25) is 0 Å².